The molecule has 0 aromatic rings. The van der Waals surface area contributed by atoms with Crippen LogP contribution >= 0.6 is 0 Å². The quantitative estimate of drug-likeness (QED) is 0.542. The van der Waals surface area contributed by atoms with E-state index in [1.807, 2.05) is 13.8 Å². The van der Waals surface area contributed by atoms with E-state index in [0.29, 0.717) is 13.1 Å². The van der Waals surface area contributed by atoms with Crippen molar-refractivity contribution in [2.45, 2.75) is 26.3 Å². The summed E-state index contributed by atoms with van der Waals surface area (Å²) in [4.78, 5) is 10.9. The van der Waals surface area contributed by atoms with E-state index in [0.717, 1.165) is 6.42 Å². The van der Waals surface area contributed by atoms with Gasteiger partial charge in [-0.05, 0) is 26.8 Å². The van der Waals surface area contributed by atoms with Gasteiger partial charge in [-0.1, -0.05) is 0 Å². The Morgan fingerprint density at radius 2 is 2.27 bits per heavy atom. The maximum atomic E-state index is 10.9. The van der Waals surface area contributed by atoms with Gasteiger partial charge in [-0.25, -0.2) is 4.79 Å². The van der Waals surface area contributed by atoms with E-state index < -0.39 is 0 Å². The van der Waals surface area contributed by atoms with Crippen molar-refractivity contribution < 1.29 is 4.79 Å². The van der Waals surface area contributed by atoms with Gasteiger partial charge in [0.1, 0.15) is 0 Å². The second-order valence-corrected chi connectivity index (χ2v) is 2.48. The summed E-state index contributed by atoms with van der Waals surface area (Å²) in [5.74, 6) is 0. The van der Waals surface area contributed by atoms with Crippen molar-refractivity contribution in [3.05, 3.63) is 0 Å². The van der Waals surface area contributed by atoms with Gasteiger partial charge >= 0.3 is 6.03 Å². The van der Waals surface area contributed by atoms with Crippen LogP contribution in [-0.4, -0.2) is 25.2 Å². The highest BCUT2D eigenvalue weighted by Gasteiger charge is 2.03. The summed E-state index contributed by atoms with van der Waals surface area (Å²) < 4.78 is 0. The van der Waals surface area contributed by atoms with Crippen LogP contribution in [0, 0.1) is 0 Å². The monoisotopic (exact) mass is 159 g/mol. The third-order valence-electron chi connectivity index (χ3n) is 1.31. The fourth-order valence-corrected chi connectivity index (χ4v) is 0.758. The van der Waals surface area contributed by atoms with E-state index in [2.05, 4.69) is 10.6 Å². The van der Waals surface area contributed by atoms with Crippen LogP contribution in [0.1, 0.15) is 20.3 Å². The number of hydrogen-bond acceptors (Lipinski definition) is 2. The molecule has 0 aromatic carbocycles. The van der Waals surface area contributed by atoms with Gasteiger partial charge in [0.2, 0.25) is 0 Å². The predicted octanol–water partition coefficient (Wildman–Crippen LogP) is 0.0428. The summed E-state index contributed by atoms with van der Waals surface area (Å²) in [6.45, 7) is 5.07. The lowest BCUT2D eigenvalue weighted by atomic mass is 10.2. The standard InChI is InChI=1S/C7H17N3O/c1-3-9-7(11)10-6(2)4-5-8/h6H,3-5,8H2,1-2H3,(H2,9,10,11). The Morgan fingerprint density at radius 1 is 1.64 bits per heavy atom. The molecule has 0 bridgehead atoms. The SMILES string of the molecule is CCNC(=O)NC(C)CCN. The lowest BCUT2D eigenvalue weighted by Gasteiger charge is -2.12. The van der Waals surface area contributed by atoms with Crippen molar-refractivity contribution in [1.82, 2.24) is 10.6 Å². The smallest absolute Gasteiger partial charge is 0.314 e. The summed E-state index contributed by atoms with van der Waals surface area (Å²) in [6, 6.07) is 0.0417. The van der Waals surface area contributed by atoms with E-state index in [9.17, 15) is 4.79 Å². The first-order chi connectivity index (χ1) is 5.20. The number of urea groups is 1. The molecule has 0 saturated carbocycles. The molecule has 0 aliphatic rings. The van der Waals surface area contributed by atoms with E-state index in [1.54, 1.807) is 0 Å². The topological polar surface area (TPSA) is 67.2 Å². The predicted molar refractivity (Wildman–Crippen MR) is 45.3 cm³/mol. The number of nitrogens with two attached hydrogens (primary N) is 1. The average Bonchev–Trinajstić information content (AvgIpc) is 1.87. The van der Waals surface area contributed by atoms with Crippen LogP contribution in [0.25, 0.3) is 0 Å². The fourth-order valence-electron chi connectivity index (χ4n) is 0.758. The molecule has 11 heavy (non-hydrogen) atoms. The van der Waals surface area contributed by atoms with Crippen molar-refractivity contribution in [2.24, 2.45) is 5.73 Å². The summed E-state index contributed by atoms with van der Waals surface area (Å²) >= 11 is 0. The molecule has 1 atom stereocenters. The number of carbonyl (C=O) groups excluding carboxylic acids is 1. The highest BCUT2D eigenvalue weighted by Crippen LogP contribution is 1.85. The second-order valence-electron chi connectivity index (χ2n) is 2.48. The van der Waals surface area contributed by atoms with Crippen LogP contribution in [0.4, 0.5) is 4.79 Å². The van der Waals surface area contributed by atoms with Gasteiger partial charge in [-0.15, -0.1) is 0 Å². The Kier molecular flexibility index (Phi) is 5.56. The minimum Gasteiger partial charge on any atom is -0.338 e. The molecule has 0 spiro atoms. The van der Waals surface area contributed by atoms with Gasteiger partial charge < -0.3 is 16.4 Å². The summed E-state index contributed by atoms with van der Waals surface area (Å²) in [7, 11) is 0. The normalized spacial score (nSPS) is 12.3. The van der Waals surface area contributed by atoms with E-state index in [-0.39, 0.29) is 12.1 Å². The van der Waals surface area contributed by atoms with E-state index in [1.165, 1.54) is 0 Å². The van der Waals surface area contributed by atoms with Crippen molar-refractivity contribution in [1.29, 1.82) is 0 Å². The Labute approximate surface area is 67.5 Å². The van der Waals surface area contributed by atoms with Crippen molar-refractivity contribution in [2.75, 3.05) is 13.1 Å². The Hall–Kier alpha value is -0.770. The third kappa shape index (κ3) is 5.66. The Bertz CT molecular complexity index is 116. The molecule has 0 radical (unpaired) electrons. The zero-order chi connectivity index (χ0) is 8.69. The Morgan fingerprint density at radius 3 is 2.73 bits per heavy atom. The highest BCUT2D eigenvalue weighted by molar-refractivity contribution is 5.73. The van der Waals surface area contributed by atoms with Gasteiger partial charge in [0, 0.05) is 12.6 Å². The molecule has 0 heterocycles. The number of amides is 2. The molecule has 0 rings (SSSR count). The third-order valence-corrected chi connectivity index (χ3v) is 1.31. The molecule has 0 fully saturated rings. The molecular weight excluding hydrogens is 142 g/mol. The minimum atomic E-state index is -0.117. The van der Waals surface area contributed by atoms with Gasteiger partial charge in [0.15, 0.2) is 0 Å². The van der Waals surface area contributed by atoms with Crippen LogP contribution in [0.3, 0.4) is 0 Å². The van der Waals surface area contributed by atoms with Gasteiger partial charge in [0.25, 0.3) is 0 Å². The first kappa shape index (κ1) is 10.2. The molecule has 0 aromatic heterocycles. The lowest BCUT2D eigenvalue weighted by Crippen LogP contribution is -2.41. The first-order valence-corrected chi connectivity index (χ1v) is 3.95. The molecule has 4 heteroatoms. The first-order valence-electron chi connectivity index (χ1n) is 3.95. The van der Waals surface area contributed by atoms with Crippen LogP contribution < -0.4 is 16.4 Å². The van der Waals surface area contributed by atoms with Gasteiger partial charge in [-0.2, -0.15) is 0 Å². The van der Waals surface area contributed by atoms with Crippen LogP contribution in [0.5, 0.6) is 0 Å². The zero-order valence-corrected chi connectivity index (χ0v) is 7.18. The molecule has 2 amide bonds. The fraction of sp³-hybridized carbons (Fsp3) is 0.857. The van der Waals surface area contributed by atoms with Crippen LogP contribution in [-0.2, 0) is 0 Å². The molecular formula is C7H17N3O. The Balaban J connectivity index is 3.40. The maximum absolute atomic E-state index is 10.9. The summed E-state index contributed by atoms with van der Waals surface area (Å²) in [6.07, 6.45) is 0.817. The molecule has 0 aliphatic carbocycles. The van der Waals surface area contributed by atoms with Crippen LogP contribution in [0.15, 0.2) is 0 Å². The minimum absolute atomic E-state index is 0.117. The van der Waals surface area contributed by atoms with Gasteiger partial charge in [0.05, 0.1) is 0 Å². The molecule has 1 unspecified atom stereocenters. The lowest BCUT2D eigenvalue weighted by molar-refractivity contribution is 0.238. The van der Waals surface area contributed by atoms with E-state index >= 15 is 0 Å². The number of rotatable bonds is 4. The van der Waals surface area contributed by atoms with Crippen molar-refractivity contribution in [3.8, 4) is 0 Å². The average molecular weight is 159 g/mol. The summed E-state index contributed by atoms with van der Waals surface area (Å²) in [5, 5.41) is 5.40. The van der Waals surface area contributed by atoms with Crippen molar-refractivity contribution in [3.63, 3.8) is 0 Å². The number of nitrogens with one attached hydrogen (secondary N) is 2. The maximum Gasteiger partial charge on any atom is 0.314 e. The largest absolute Gasteiger partial charge is 0.338 e. The van der Waals surface area contributed by atoms with E-state index in [4.69, 9.17) is 5.73 Å². The molecule has 0 aliphatic heterocycles. The second kappa shape index (κ2) is 5.97. The zero-order valence-electron chi connectivity index (χ0n) is 7.18. The molecule has 4 nitrogen and oxygen atoms in total. The summed E-state index contributed by atoms with van der Waals surface area (Å²) in [5.41, 5.74) is 5.31. The molecule has 4 N–H and O–H groups in total. The molecule has 0 saturated heterocycles. The number of carbonyl (C=O) groups is 1. The van der Waals surface area contributed by atoms with Crippen LogP contribution in [0.2, 0.25) is 0 Å². The highest BCUT2D eigenvalue weighted by atomic mass is 16.2. The van der Waals surface area contributed by atoms with Crippen molar-refractivity contribution >= 4 is 6.03 Å². The molecule has 66 valence electrons. The van der Waals surface area contributed by atoms with Gasteiger partial charge in [-0.3, -0.25) is 0 Å². The number of hydrogen-bond donors (Lipinski definition) is 3.